The molecule has 2 rings (SSSR count). The topological polar surface area (TPSA) is 33.7 Å². The van der Waals surface area contributed by atoms with E-state index in [1.54, 1.807) is 0 Å². The molecule has 4 nitrogen and oxygen atoms in total. The van der Waals surface area contributed by atoms with Gasteiger partial charge in [0.05, 0.1) is 13.2 Å². The van der Waals surface area contributed by atoms with Gasteiger partial charge in [0, 0.05) is 32.3 Å². The zero-order valence-electron chi connectivity index (χ0n) is 12.6. The third-order valence-corrected chi connectivity index (χ3v) is 3.70. The van der Waals surface area contributed by atoms with Crippen LogP contribution in [0.15, 0.2) is 24.3 Å². The van der Waals surface area contributed by atoms with Crippen molar-refractivity contribution in [3.05, 3.63) is 29.8 Å². The predicted octanol–water partition coefficient (Wildman–Crippen LogP) is 2.07. The summed E-state index contributed by atoms with van der Waals surface area (Å²) in [5.74, 6) is 0.939. The molecule has 1 N–H and O–H groups in total. The molecule has 1 saturated heterocycles. The van der Waals surface area contributed by atoms with E-state index in [9.17, 15) is 0 Å². The number of likely N-dealkylation sites (N-methyl/N-ethyl adjacent to an activating group) is 1. The quantitative estimate of drug-likeness (QED) is 0.864. The number of hydrogen-bond donors (Lipinski definition) is 1. The second-order valence-corrected chi connectivity index (χ2v) is 5.11. The Morgan fingerprint density at radius 3 is 2.75 bits per heavy atom. The largest absolute Gasteiger partial charge is 0.494 e. The van der Waals surface area contributed by atoms with Crippen molar-refractivity contribution in [2.45, 2.75) is 19.4 Å². The minimum Gasteiger partial charge on any atom is -0.494 e. The first-order valence-corrected chi connectivity index (χ1v) is 7.53. The van der Waals surface area contributed by atoms with Gasteiger partial charge in [0.2, 0.25) is 0 Å². The lowest BCUT2D eigenvalue weighted by Crippen LogP contribution is -2.35. The normalized spacial score (nSPS) is 18.5. The van der Waals surface area contributed by atoms with E-state index < -0.39 is 0 Å². The van der Waals surface area contributed by atoms with Gasteiger partial charge in [-0.3, -0.25) is 4.90 Å². The van der Waals surface area contributed by atoms with Crippen LogP contribution in [0.25, 0.3) is 0 Å². The summed E-state index contributed by atoms with van der Waals surface area (Å²) in [6, 6.07) is 8.76. The third kappa shape index (κ3) is 4.47. The molecule has 1 aliphatic rings. The number of rotatable bonds is 6. The summed E-state index contributed by atoms with van der Waals surface area (Å²) >= 11 is 0. The fourth-order valence-electron chi connectivity index (χ4n) is 2.56. The van der Waals surface area contributed by atoms with Gasteiger partial charge in [-0.05, 0) is 38.1 Å². The molecule has 20 heavy (non-hydrogen) atoms. The van der Waals surface area contributed by atoms with E-state index in [4.69, 9.17) is 9.47 Å². The van der Waals surface area contributed by atoms with Gasteiger partial charge >= 0.3 is 0 Å². The number of nitrogens with one attached hydrogen (secondary N) is 1. The van der Waals surface area contributed by atoms with Crippen molar-refractivity contribution in [3.8, 4) is 5.75 Å². The van der Waals surface area contributed by atoms with Crippen LogP contribution >= 0.6 is 0 Å². The molecule has 0 radical (unpaired) electrons. The lowest BCUT2D eigenvalue weighted by Gasteiger charge is -2.26. The van der Waals surface area contributed by atoms with Gasteiger partial charge < -0.3 is 14.8 Å². The molecule has 0 saturated carbocycles. The van der Waals surface area contributed by atoms with Gasteiger partial charge in [-0.15, -0.1) is 0 Å². The molecule has 1 aliphatic heterocycles. The van der Waals surface area contributed by atoms with E-state index >= 15 is 0 Å². The molecule has 0 aromatic heterocycles. The molecule has 1 atom stereocenters. The molecular formula is C16H26N2O2. The highest BCUT2D eigenvalue weighted by Crippen LogP contribution is 2.19. The summed E-state index contributed by atoms with van der Waals surface area (Å²) in [6.07, 6.45) is 1.12. The third-order valence-electron chi connectivity index (χ3n) is 3.70. The first-order chi connectivity index (χ1) is 9.83. The maximum Gasteiger partial charge on any atom is 0.119 e. The van der Waals surface area contributed by atoms with E-state index in [1.807, 2.05) is 14.0 Å². The van der Waals surface area contributed by atoms with Crippen LogP contribution in [0.1, 0.15) is 24.9 Å². The molecule has 1 heterocycles. The van der Waals surface area contributed by atoms with E-state index in [-0.39, 0.29) is 0 Å². The molecule has 0 amide bonds. The van der Waals surface area contributed by atoms with Crippen LogP contribution in [-0.4, -0.2) is 51.4 Å². The van der Waals surface area contributed by atoms with Crippen molar-refractivity contribution < 1.29 is 9.47 Å². The zero-order chi connectivity index (χ0) is 14.2. The molecule has 4 heteroatoms. The Morgan fingerprint density at radius 2 is 2.05 bits per heavy atom. The van der Waals surface area contributed by atoms with Crippen LogP contribution in [0.4, 0.5) is 0 Å². The molecule has 0 spiro atoms. The molecule has 0 bridgehead atoms. The predicted molar refractivity (Wildman–Crippen MR) is 81.3 cm³/mol. The molecule has 0 aliphatic carbocycles. The summed E-state index contributed by atoms with van der Waals surface area (Å²) in [7, 11) is 2.02. The van der Waals surface area contributed by atoms with Gasteiger partial charge in [-0.2, -0.15) is 0 Å². The standard InChI is InChI=1S/C16H26N2O2/c1-3-20-15-7-5-14(6-8-15)16(17-2)13-18-9-4-11-19-12-10-18/h5-8,16-17H,3-4,9-13H2,1-2H3. The fraction of sp³-hybridized carbons (Fsp3) is 0.625. The average Bonchev–Trinajstić information content (AvgIpc) is 2.75. The number of benzene rings is 1. The molecule has 1 fully saturated rings. The summed E-state index contributed by atoms with van der Waals surface area (Å²) in [5.41, 5.74) is 1.31. The summed E-state index contributed by atoms with van der Waals surface area (Å²) in [4.78, 5) is 2.48. The Morgan fingerprint density at radius 1 is 1.25 bits per heavy atom. The Bertz CT molecular complexity index is 373. The number of nitrogens with zero attached hydrogens (tertiary/aromatic N) is 1. The first-order valence-electron chi connectivity index (χ1n) is 7.53. The Labute approximate surface area is 122 Å². The average molecular weight is 278 g/mol. The second kappa shape index (κ2) is 8.25. The first kappa shape index (κ1) is 15.3. The Hall–Kier alpha value is -1.10. The molecule has 112 valence electrons. The van der Waals surface area contributed by atoms with Crippen LogP contribution in [0.2, 0.25) is 0 Å². The van der Waals surface area contributed by atoms with E-state index in [2.05, 4.69) is 34.5 Å². The van der Waals surface area contributed by atoms with Crippen molar-refractivity contribution in [3.63, 3.8) is 0 Å². The van der Waals surface area contributed by atoms with Gasteiger partial charge in [0.1, 0.15) is 5.75 Å². The fourth-order valence-corrected chi connectivity index (χ4v) is 2.56. The highest BCUT2D eigenvalue weighted by molar-refractivity contribution is 5.29. The maximum absolute atomic E-state index is 5.51. The summed E-state index contributed by atoms with van der Waals surface area (Å²) in [5, 5.41) is 3.41. The van der Waals surface area contributed by atoms with Crippen LogP contribution in [0.3, 0.4) is 0 Å². The van der Waals surface area contributed by atoms with Crippen LogP contribution < -0.4 is 10.1 Å². The van der Waals surface area contributed by atoms with Gasteiger partial charge in [0.25, 0.3) is 0 Å². The van der Waals surface area contributed by atoms with Crippen molar-refractivity contribution in [1.82, 2.24) is 10.2 Å². The van der Waals surface area contributed by atoms with Gasteiger partial charge in [-0.1, -0.05) is 12.1 Å². The molecular weight excluding hydrogens is 252 g/mol. The smallest absolute Gasteiger partial charge is 0.119 e. The highest BCUT2D eigenvalue weighted by Gasteiger charge is 2.16. The van der Waals surface area contributed by atoms with Crippen LogP contribution in [0, 0.1) is 0 Å². The van der Waals surface area contributed by atoms with E-state index in [0.717, 1.165) is 45.0 Å². The van der Waals surface area contributed by atoms with E-state index in [0.29, 0.717) is 12.6 Å². The van der Waals surface area contributed by atoms with Crippen molar-refractivity contribution >= 4 is 0 Å². The molecule has 1 unspecified atom stereocenters. The monoisotopic (exact) mass is 278 g/mol. The Kier molecular flexibility index (Phi) is 6.30. The van der Waals surface area contributed by atoms with Crippen LogP contribution in [-0.2, 0) is 4.74 Å². The summed E-state index contributed by atoms with van der Waals surface area (Å²) < 4.78 is 11.0. The molecule has 1 aromatic rings. The van der Waals surface area contributed by atoms with Gasteiger partial charge in [0.15, 0.2) is 0 Å². The van der Waals surface area contributed by atoms with Crippen molar-refractivity contribution in [2.24, 2.45) is 0 Å². The minimum absolute atomic E-state index is 0.351. The van der Waals surface area contributed by atoms with Crippen LogP contribution in [0.5, 0.6) is 5.75 Å². The van der Waals surface area contributed by atoms with Gasteiger partial charge in [-0.25, -0.2) is 0 Å². The minimum atomic E-state index is 0.351. The molecule has 1 aromatic carbocycles. The van der Waals surface area contributed by atoms with E-state index in [1.165, 1.54) is 5.56 Å². The second-order valence-electron chi connectivity index (χ2n) is 5.11. The zero-order valence-corrected chi connectivity index (χ0v) is 12.6. The Balaban J connectivity index is 1.95. The lowest BCUT2D eigenvalue weighted by molar-refractivity contribution is 0.139. The lowest BCUT2D eigenvalue weighted by atomic mass is 10.1. The SMILES string of the molecule is CCOc1ccc(C(CN2CCCOCC2)NC)cc1. The highest BCUT2D eigenvalue weighted by atomic mass is 16.5. The van der Waals surface area contributed by atoms with Crippen molar-refractivity contribution in [2.75, 3.05) is 46.5 Å². The van der Waals surface area contributed by atoms with Crippen molar-refractivity contribution in [1.29, 1.82) is 0 Å². The summed E-state index contributed by atoms with van der Waals surface area (Å²) in [6.45, 7) is 7.62. The number of hydrogen-bond acceptors (Lipinski definition) is 4. The number of ether oxygens (including phenoxy) is 2. The maximum atomic E-state index is 5.51.